The molecule has 0 amide bonds. The fourth-order valence-electron chi connectivity index (χ4n) is 3.15. The van der Waals surface area contributed by atoms with Crippen molar-refractivity contribution in [3.63, 3.8) is 0 Å². The second-order valence-electron chi connectivity index (χ2n) is 7.18. The summed E-state index contributed by atoms with van der Waals surface area (Å²) < 4.78 is 6.85. The Bertz CT molecular complexity index is 703. The number of rotatable bonds is 13. The molecular weight excluding hydrogens is 412 g/mol. The zero-order chi connectivity index (χ0) is 20.0. The molecule has 0 aromatic heterocycles. The van der Waals surface area contributed by atoms with Crippen molar-refractivity contribution in [3.8, 4) is 0 Å². The third-order valence-electron chi connectivity index (χ3n) is 4.66. The van der Waals surface area contributed by atoms with Gasteiger partial charge in [0, 0.05) is 28.3 Å². The molecule has 4 heteroatoms. The predicted octanol–water partition coefficient (Wildman–Crippen LogP) is 6.88. The summed E-state index contributed by atoms with van der Waals surface area (Å²) >= 11 is 3.64. The van der Waals surface area contributed by atoms with E-state index in [4.69, 9.17) is 9.73 Å². The summed E-state index contributed by atoms with van der Waals surface area (Å²) in [6.45, 7) is 6.41. The first-order valence-electron chi connectivity index (χ1n) is 10.3. The van der Waals surface area contributed by atoms with E-state index in [0.29, 0.717) is 19.3 Å². The molecule has 1 N–H and O–H groups in total. The Kier molecular flexibility index (Phi) is 10.9. The summed E-state index contributed by atoms with van der Waals surface area (Å²) in [6.07, 6.45) is 5.88. The number of halogens is 1. The van der Waals surface area contributed by atoms with Gasteiger partial charge in [0.25, 0.3) is 0 Å². The van der Waals surface area contributed by atoms with Gasteiger partial charge in [-0.1, -0.05) is 68.7 Å². The first-order chi connectivity index (χ1) is 13.7. The van der Waals surface area contributed by atoms with Crippen LogP contribution in [0.1, 0.15) is 51.5 Å². The predicted molar refractivity (Wildman–Crippen MR) is 124 cm³/mol. The van der Waals surface area contributed by atoms with E-state index in [1.165, 1.54) is 30.5 Å². The molecule has 28 heavy (non-hydrogen) atoms. The molecule has 3 nitrogen and oxygen atoms in total. The fourth-order valence-corrected chi connectivity index (χ4v) is 3.55. The standard InChI is InChI=1S/C24H33BrN2O/c1-3-4-6-13-22(27-24-15-10-9-14-23(24)25)18-20(2)26-16-17-28-19-21-11-7-5-8-12-21/h5,7-12,14-15,22,27H,3-4,6,13,16-19H2,1-2H3. The van der Waals surface area contributed by atoms with Gasteiger partial charge in [0.15, 0.2) is 0 Å². The lowest BCUT2D eigenvalue weighted by atomic mass is 10.0. The molecule has 0 aliphatic carbocycles. The maximum Gasteiger partial charge on any atom is 0.0717 e. The minimum absolute atomic E-state index is 0.402. The molecule has 0 heterocycles. The zero-order valence-electron chi connectivity index (χ0n) is 17.2. The highest BCUT2D eigenvalue weighted by Gasteiger charge is 2.11. The van der Waals surface area contributed by atoms with Gasteiger partial charge < -0.3 is 10.1 Å². The molecule has 0 aliphatic rings. The molecule has 0 saturated carbocycles. The summed E-state index contributed by atoms with van der Waals surface area (Å²) in [5.74, 6) is 0. The number of nitrogens with one attached hydrogen (secondary N) is 1. The summed E-state index contributed by atoms with van der Waals surface area (Å²) in [4.78, 5) is 4.73. The number of unbranched alkanes of at least 4 members (excludes halogenated alkanes) is 2. The lowest BCUT2D eigenvalue weighted by Crippen LogP contribution is -2.23. The molecule has 0 fully saturated rings. The van der Waals surface area contributed by atoms with Gasteiger partial charge in [-0.25, -0.2) is 0 Å². The summed E-state index contributed by atoms with van der Waals surface area (Å²) in [5.41, 5.74) is 3.55. The zero-order valence-corrected chi connectivity index (χ0v) is 18.7. The van der Waals surface area contributed by atoms with Crippen LogP contribution < -0.4 is 5.32 Å². The SMILES string of the molecule is CCCCCC(CC(C)=NCCOCc1ccccc1)Nc1ccccc1Br. The first kappa shape index (κ1) is 22.6. The topological polar surface area (TPSA) is 33.6 Å². The molecule has 0 spiro atoms. The maximum atomic E-state index is 5.74. The van der Waals surface area contributed by atoms with Gasteiger partial charge in [-0.05, 0) is 47.0 Å². The minimum atomic E-state index is 0.402. The fraction of sp³-hybridized carbons (Fsp3) is 0.458. The van der Waals surface area contributed by atoms with Crippen LogP contribution in [0.15, 0.2) is 64.1 Å². The highest BCUT2D eigenvalue weighted by Crippen LogP contribution is 2.24. The van der Waals surface area contributed by atoms with Crippen LogP contribution in [0.5, 0.6) is 0 Å². The third-order valence-corrected chi connectivity index (χ3v) is 5.35. The molecule has 2 rings (SSSR count). The number of aliphatic imine (C=N–C) groups is 1. The Morgan fingerprint density at radius 2 is 1.82 bits per heavy atom. The number of para-hydroxylation sites is 1. The van der Waals surface area contributed by atoms with E-state index in [-0.39, 0.29) is 0 Å². The van der Waals surface area contributed by atoms with Crippen molar-refractivity contribution >= 4 is 27.3 Å². The van der Waals surface area contributed by atoms with Gasteiger partial charge in [-0.15, -0.1) is 0 Å². The van der Waals surface area contributed by atoms with Crippen molar-refractivity contribution in [1.82, 2.24) is 0 Å². The number of nitrogens with zero attached hydrogens (tertiary/aromatic N) is 1. The monoisotopic (exact) mass is 444 g/mol. The maximum absolute atomic E-state index is 5.74. The molecule has 0 aliphatic heterocycles. The van der Waals surface area contributed by atoms with Crippen molar-refractivity contribution in [2.75, 3.05) is 18.5 Å². The van der Waals surface area contributed by atoms with E-state index < -0.39 is 0 Å². The first-order valence-corrected chi connectivity index (χ1v) is 11.1. The molecular formula is C24H33BrN2O. The largest absolute Gasteiger partial charge is 0.381 e. The van der Waals surface area contributed by atoms with Gasteiger partial charge in [0.1, 0.15) is 0 Å². The molecule has 1 unspecified atom stereocenters. The van der Waals surface area contributed by atoms with Crippen LogP contribution in [0, 0.1) is 0 Å². The molecule has 2 aromatic carbocycles. The highest BCUT2D eigenvalue weighted by molar-refractivity contribution is 9.10. The number of hydrogen-bond donors (Lipinski definition) is 1. The van der Waals surface area contributed by atoms with E-state index in [2.05, 4.69) is 65.4 Å². The quantitative estimate of drug-likeness (QED) is 0.269. The lowest BCUT2D eigenvalue weighted by molar-refractivity contribution is 0.128. The number of ether oxygens (including phenoxy) is 1. The van der Waals surface area contributed by atoms with Crippen molar-refractivity contribution in [2.24, 2.45) is 4.99 Å². The van der Waals surface area contributed by atoms with Crippen LogP contribution in [0.2, 0.25) is 0 Å². The number of anilines is 1. The Morgan fingerprint density at radius 3 is 2.57 bits per heavy atom. The van der Waals surface area contributed by atoms with Crippen LogP contribution >= 0.6 is 15.9 Å². The van der Waals surface area contributed by atoms with Crippen LogP contribution in [-0.4, -0.2) is 24.9 Å². The molecule has 0 bridgehead atoms. The molecule has 0 radical (unpaired) electrons. The van der Waals surface area contributed by atoms with E-state index in [1.54, 1.807) is 0 Å². The van der Waals surface area contributed by atoms with Gasteiger partial charge in [-0.2, -0.15) is 0 Å². The second-order valence-corrected chi connectivity index (χ2v) is 8.03. The van der Waals surface area contributed by atoms with Crippen molar-refractivity contribution in [1.29, 1.82) is 0 Å². The van der Waals surface area contributed by atoms with E-state index >= 15 is 0 Å². The van der Waals surface area contributed by atoms with Crippen molar-refractivity contribution in [3.05, 3.63) is 64.6 Å². The summed E-state index contributed by atoms with van der Waals surface area (Å²) in [6, 6.07) is 19.0. The van der Waals surface area contributed by atoms with Gasteiger partial charge >= 0.3 is 0 Å². The third kappa shape index (κ3) is 9.03. The van der Waals surface area contributed by atoms with E-state index in [1.807, 2.05) is 24.3 Å². The highest BCUT2D eigenvalue weighted by atomic mass is 79.9. The van der Waals surface area contributed by atoms with Gasteiger partial charge in [-0.3, -0.25) is 4.99 Å². The summed E-state index contributed by atoms with van der Waals surface area (Å²) in [7, 11) is 0. The minimum Gasteiger partial charge on any atom is -0.381 e. The smallest absolute Gasteiger partial charge is 0.0717 e. The Hall–Kier alpha value is -1.65. The molecule has 2 aromatic rings. The van der Waals surface area contributed by atoms with Crippen molar-refractivity contribution < 1.29 is 4.74 Å². The molecule has 0 saturated heterocycles. The summed E-state index contributed by atoms with van der Waals surface area (Å²) in [5, 5.41) is 3.70. The Morgan fingerprint density at radius 1 is 1.07 bits per heavy atom. The molecule has 1 atom stereocenters. The Labute approximate surface area is 178 Å². The van der Waals surface area contributed by atoms with Crippen LogP contribution in [0.4, 0.5) is 5.69 Å². The normalized spacial score (nSPS) is 12.8. The average Bonchev–Trinajstić information content (AvgIpc) is 2.70. The Balaban J connectivity index is 1.79. The average molecular weight is 445 g/mol. The second kappa shape index (κ2) is 13.5. The lowest BCUT2D eigenvalue weighted by Gasteiger charge is -2.21. The van der Waals surface area contributed by atoms with Crippen LogP contribution in [-0.2, 0) is 11.3 Å². The number of hydrogen-bond acceptors (Lipinski definition) is 3. The van der Waals surface area contributed by atoms with Crippen molar-refractivity contribution in [2.45, 2.75) is 58.6 Å². The van der Waals surface area contributed by atoms with Crippen LogP contribution in [0.25, 0.3) is 0 Å². The van der Waals surface area contributed by atoms with Crippen LogP contribution in [0.3, 0.4) is 0 Å². The number of benzene rings is 2. The van der Waals surface area contributed by atoms with Gasteiger partial charge in [0.2, 0.25) is 0 Å². The molecule has 152 valence electrons. The van der Waals surface area contributed by atoms with E-state index in [0.717, 1.165) is 29.5 Å². The van der Waals surface area contributed by atoms with E-state index in [9.17, 15) is 0 Å². The van der Waals surface area contributed by atoms with Gasteiger partial charge in [0.05, 0.1) is 19.8 Å².